The Morgan fingerprint density at radius 1 is 1.07 bits per heavy atom. The highest BCUT2D eigenvalue weighted by Crippen LogP contribution is 2.33. The number of benzene rings is 2. The largest absolute Gasteiger partial charge is 0.454 e. The number of nitrogens with one attached hydrogen (secondary N) is 1. The zero-order valence-electron chi connectivity index (χ0n) is 15.2. The molecule has 2 aliphatic rings. The number of hydrogen-bond donors (Lipinski definition) is 1. The van der Waals surface area contributed by atoms with Crippen molar-refractivity contribution in [3.63, 3.8) is 0 Å². The molecule has 1 N–H and O–H groups in total. The molecule has 6 nitrogen and oxygen atoms in total. The van der Waals surface area contributed by atoms with Crippen molar-refractivity contribution in [3.05, 3.63) is 47.8 Å². The molecule has 4 rings (SSSR count). The first-order chi connectivity index (χ1) is 13.0. The fourth-order valence-corrected chi connectivity index (χ4v) is 3.46. The fraction of sp³-hybridized carbons (Fsp3) is 0.350. The maximum Gasteiger partial charge on any atom is 0.255 e. The first kappa shape index (κ1) is 17.6. The normalized spacial score (nSPS) is 21.2. The second-order valence-corrected chi connectivity index (χ2v) is 6.85. The Hall–Kier alpha value is -2.80. The van der Waals surface area contributed by atoms with Gasteiger partial charge in [-0.15, -0.1) is 0 Å². The Kier molecular flexibility index (Phi) is 4.61. The summed E-state index contributed by atoms with van der Waals surface area (Å²) in [7, 11) is 0. The molecule has 27 heavy (non-hydrogen) atoms. The van der Waals surface area contributed by atoms with Gasteiger partial charge in [-0.2, -0.15) is 0 Å². The Morgan fingerprint density at radius 3 is 2.56 bits per heavy atom. The predicted octanol–water partition coefficient (Wildman–Crippen LogP) is 3.42. The summed E-state index contributed by atoms with van der Waals surface area (Å²) in [5.41, 5.74) is 1.32. The number of fused-ring (bicyclic) bond motifs is 1. The fourth-order valence-electron chi connectivity index (χ4n) is 3.46. The van der Waals surface area contributed by atoms with E-state index < -0.39 is 0 Å². The van der Waals surface area contributed by atoms with Crippen LogP contribution in [-0.2, 0) is 4.74 Å². The van der Waals surface area contributed by atoms with Crippen molar-refractivity contribution in [1.29, 1.82) is 0 Å². The topological polar surface area (TPSA) is 60.0 Å². The molecule has 7 heteroatoms. The highest BCUT2D eigenvalue weighted by Gasteiger charge is 2.24. The van der Waals surface area contributed by atoms with E-state index >= 15 is 0 Å². The molecule has 1 fully saturated rings. The SMILES string of the molecule is CC1CN(c2ccc(NC(=O)c3ccc4c(c3)OCO4)cc2F)CC(C)O1. The molecule has 142 valence electrons. The van der Waals surface area contributed by atoms with Crippen LogP contribution in [0.25, 0.3) is 0 Å². The Bertz CT molecular complexity index is 863. The molecule has 2 aromatic rings. The van der Waals surface area contributed by atoms with Gasteiger partial charge < -0.3 is 24.4 Å². The minimum Gasteiger partial charge on any atom is -0.454 e. The summed E-state index contributed by atoms with van der Waals surface area (Å²) in [5, 5.41) is 2.72. The molecule has 0 aromatic heterocycles. The minimum atomic E-state index is -0.375. The van der Waals surface area contributed by atoms with Crippen LogP contribution < -0.4 is 19.7 Å². The summed E-state index contributed by atoms with van der Waals surface area (Å²) in [6.45, 7) is 5.35. The Labute approximate surface area is 156 Å². The van der Waals surface area contributed by atoms with E-state index in [1.165, 1.54) is 6.07 Å². The first-order valence-corrected chi connectivity index (χ1v) is 8.90. The molecule has 0 radical (unpaired) electrons. The first-order valence-electron chi connectivity index (χ1n) is 8.90. The summed E-state index contributed by atoms with van der Waals surface area (Å²) < 4.78 is 30.9. The molecular weight excluding hydrogens is 351 g/mol. The second kappa shape index (κ2) is 7.08. The lowest BCUT2D eigenvalue weighted by Crippen LogP contribution is -2.45. The molecule has 2 unspecified atom stereocenters. The van der Waals surface area contributed by atoms with E-state index in [4.69, 9.17) is 14.2 Å². The molecule has 0 saturated carbocycles. The number of halogens is 1. The zero-order valence-corrected chi connectivity index (χ0v) is 15.2. The third-order valence-electron chi connectivity index (χ3n) is 4.60. The van der Waals surface area contributed by atoms with Gasteiger partial charge in [-0.3, -0.25) is 4.79 Å². The second-order valence-electron chi connectivity index (χ2n) is 6.85. The van der Waals surface area contributed by atoms with Crippen molar-refractivity contribution in [2.45, 2.75) is 26.1 Å². The van der Waals surface area contributed by atoms with Crippen LogP contribution >= 0.6 is 0 Å². The van der Waals surface area contributed by atoms with Crippen LogP contribution in [0, 0.1) is 5.82 Å². The Balaban J connectivity index is 1.48. The number of morpholine rings is 1. The molecule has 2 atom stereocenters. The van der Waals surface area contributed by atoms with Crippen LogP contribution in [-0.4, -0.2) is 38.0 Å². The van der Waals surface area contributed by atoms with Crippen LogP contribution in [0.5, 0.6) is 11.5 Å². The van der Waals surface area contributed by atoms with Gasteiger partial charge in [0.05, 0.1) is 17.9 Å². The van der Waals surface area contributed by atoms with Crippen LogP contribution in [0.2, 0.25) is 0 Å². The monoisotopic (exact) mass is 372 g/mol. The number of nitrogens with zero attached hydrogens (tertiary/aromatic N) is 1. The van der Waals surface area contributed by atoms with Gasteiger partial charge in [0.25, 0.3) is 5.91 Å². The summed E-state index contributed by atoms with van der Waals surface area (Å²) in [6, 6.07) is 9.67. The molecule has 2 aromatic carbocycles. The number of ether oxygens (including phenoxy) is 3. The van der Waals surface area contributed by atoms with Crippen molar-refractivity contribution >= 4 is 17.3 Å². The van der Waals surface area contributed by atoms with E-state index in [1.807, 2.05) is 18.7 Å². The molecule has 1 saturated heterocycles. The lowest BCUT2D eigenvalue weighted by Gasteiger charge is -2.37. The van der Waals surface area contributed by atoms with Gasteiger partial charge in [0.1, 0.15) is 5.82 Å². The van der Waals surface area contributed by atoms with Crippen LogP contribution in [0.4, 0.5) is 15.8 Å². The average Bonchev–Trinajstić information content (AvgIpc) is 3.08. The van der Waals surface area contributed by atoms with Gasteiger partial charge in [0.2, 0.25) is 6.79 Å². The smallest absolute Gasteiger partial charge is 0.255 e. The van der Waals surface area contributed by atoms with E-state index in [9.17, 15) is 9.18 Å². The van der Waals surface area contributed by atoms with E-state index in [2.05, 4.69) is 5.32 Å². The Morgan fingerprint density at radius 2 is 1.81 bits per heavy atom. The highest BCUT2D eigenvalue weighted by molar-refractivity contribution is 6.04. The minimum absolute atomic E-state index is 0.0403. The quantitative estimate of drug-likeness (QED) is 0.895. The van der Waals surface area contributed by atoms with E-state index in [0.717, 1.165) is 0 Å². The third kappa shape index (κ3) is 3.68. The summed E-state index contributed by atoms with van der Waals surface area (Å²) in [4.78, 5) is 14.4. The third-order valence-corrected chi connectivity index (χ3v) is 4.60. The van der Waals surface area contributed by atoms with Crippen molar-refractivity contribution in [2.75, 3.05) is 30.1 Å². The molecule has 0 bridgehead atoms. The van der Waals surface area contributed by atoms with Gasteiger partial charge >= 0.3 is 0 Å². The van der Waals surface area contributed by atoms with E-state index in [0.29, 0.717) is 41.5 Å². The van der Waals surface area contributed by atoms with Gasteiger partial charge in [0.15, 0.2) is 11.5 Å². The average molecular weight is 372 g/mol. The number of amides is 1. The molecule has 1 amide bonds. The van der Waals surface area contributed by atoms with Gasteiger partial charge in [-0.1, -0.05) is 0 Å². The number of anilines is 2. The zero-order chi connectivity index (χ0) is 19.0. The lowest BCUT2D eigenvalue weighted by atomic mass is 10.1. The van der Waals surface area contributed by atoms with Gasteiger partial charge in [-0.25, -0.2) is 4.39 Å². The van der Waals surface area contributed by atoms with Gasteiger partial charge in [-0.05, 0) is 50.2 Å². The van der Waals surface area contributed by atoms with Crippen molar-refractivity contribution in [3.8, 4) is 11.5 Å². The summed E-state index contributed by atoms with van der Waals surface area (Å²) >= 11 is 0. The van der Waals surface area contributed by atoms with Crippen molar-refractivity contribution < 1.29 is 23.4 Å². The molecule has 2 heterocycles. The number of hydrogen-bond acceptors (Lipinski definition) is 5. The molecular formula is C20H21FN2O4. The van der Waals surface area contributed by atoms with E-state index in [-0.39, 0.29) is 30.7 Å². The lowest BCUT2D eigenvalue weighted by molar-refractivity contribution is -0.00539. The highest BCUT2D eigenvalue weighted by atomic mass is 19.1. The predicted molar refractivity (Wildman–Crippen MR) is 99.1 cm³/mol. The number of carbonyl (C=O) groups excluding carboxylic acids is 1. The molecule has 2 aliphatic heterocycles. The number of carbonyl (C=O) groups is 1. The maximum absolute atomic E-state index is 14.7. The number of rotatable bonds is 3. The van der Waals surface area contributed by atoms with E-state index in [1.54, 1.807) is 30.3 Å². The van der Waals surface area contributed by atoms with Crippen molar-refractivity contribution in [1.82, 2.24) is 0 Å². The van der Waals surface area contributed by atoms with Crippen LogP contribution in [0.3, 0.4) is 0 Å². The summed E-state index contributed by atoms with van der Waals surface area (Å²) in [5.74, 6) is 0.421. The summed E-state index contributed by atoms with van der Waals surface area (Å²) in [6.07, 6.45) is 0.0806. The van der Waals surface area contributed by atoms with Crippen molar-refractivity contribution in [2.24, 2.45) is 0 Å². The maximum atomic E-state index is 14.7. The standard InChI is InChI=1S/C20H21FN2O4/c1-12-9-23(10-13(2)27-12)17-5-4-15(8-16(17)21)22-20(24)14-3-6-18-19(7-14)26-11-25-18/h3-8,12-13H,9-11H2,1-2H3,(H,22,24). The molecule has 0 aliphatic carbocycles. The van der Waals surface area contributed by atoms with Crippen LogP contribution in [0.15, 0.2) is 36.4 Å². The van der Waals surface area contributed by atoms with Crippen LogP contribution in [0.1, 0.15) is 24.2 Å². The molecule has 0 spiro atoms. The van der Waals surface area contributed by atoms with Gasteiger partial charge in [0, 0.05) is 24.3 Å².